The second-order valence-corrected chi connectivity index (χ2v) is 8.06. The predicted octanol–water partition coefficient (Wildman–Crippen LogP) is 4.30. The Balaban J connectivity index is 1.78. The Morgan fingerprint density at radius 2 is 2.15 bits per heavy atom. The van der Waals surface area contributed by atoms with E-state index in [4.69, 9.17) is 4.74 Å². The zero-order chi connectivity index (χ0) is 23.8. The summed E-state index contributed by atoms with van der Waals surface area (Å²) in [6.45, 7) is 6.82. The molecule has 9 heteroatoms. The van der Waals surface area contributed by atoms with E-state index in [9.17, 15) is 13.2 Å². The van der Waals surface area contributed by atoms with Crippen molar-refractivity contribution in [2.24, 2.45) is 9.98 Å². The van der Waals surface area contributed by atoms with Gasteiger partial charge >= 0.3 is 0 Å². The van der Waals surface area contributed by atoms with Crippen molar-refractivity contribution in [2.45, 2.75) is 38.3 Å². The second kappa shape index (κ2) is 12.0. The monoisotopic (exact) mass is 463 g/mol. The number of hydrogen-bond donors (Lipinski definition) is 2. The minimum atomic E-state index is -2.47. The molecule has 1 aromatic carbocycles. The van der Waals surface area contributed by atoms with Crippen LogP contribution in [0.2, 0.25) is 0 Å². The molecule has 180 valence electrons. The molecule has 6 nitrogen and oxygen atoms in total. The third kappa shape index (κ3) is 6.23. The van der Waals surface area contributed by atoms with Gasteiger partial charge in [-0.05, 0) is 37.9 Å². The van der Waals surface area contributed by atoms with Gasteiger partial charge in [-0.3, -0.25) is 19.3 Å². The number of aromatic amines is 1. The molecule has 2 N–H and O–H groups in total. The topological polar surface area (TPSA) is 65.0 Å². The van der Waals surface area contributed by atoms with Gasteiger partial charge in [-0.1, -0.05) is 24.8 Å². The lowest BCUT2D eigenvalue weighted by molar-refractivity contribution is 0.0444. The minimum absolute atomic E-state index is 0.103. The Hall–Kier alpha value is -2.65. The summed E-state index contributed by atoms with van der Waals surface area (Å²) in [4.78, 5) is 13.7. The van der Waals surface area contributed by atoms with Crippen LogP contribution in [-0.4, -0.2) is 74.4 Å². The first-order chi connectivity index (χ1) is 16.0. The van der Waals surface area contributed by atoms with E-state index in [1.165, 1.54) is 6.21 Å². The average Bonchev–Trinajstić information content (AvgIpc) is 3.16. The first-order valence-corrected chi connectivity index (χ1v) is 11.2. The van der Waals surface area contributed by atoms with Gasteiger partial charge in [0.25, 0.3) is 6.43 Å². The predicted molar refractivity (Wildman–Crippen MR) is 127 cm³/mol. The lowest BCUT2D eigenvalue weighted by Crippen LogP contribution is -2.45. The van der Waals surface area contributed by atoms with Crippen LogP contribution in [0.15, 0.2) is 46.5 Å². The number of fused-ring (bicyclic) bond motifs is 3. The van der Waals surface area contributed by atoms with Crippen LogP contribution in [0.1, 0.15) is 30.6 Å². The molecule has 0 unspecified atom stereocenters. The van der Waals surface area contributed by atoms with Crippen molar-refractivity contribution in [1.29, 1.82) is 0 Å². The van der Waals surface area contributed by atoms with Crippen molar-refractivity contribution < 1.29 is 17.9 Å². The Kier molecular flexibility index (Phi) is 9.08. The summed E-state index contributed by atoms with van der Waals surface area (Å²) in [5, 5.41) is 4.17. The highest BCUT2D eigenvalue weighted by Gasteiger charge is 2.37. The SMILES string of the molecule is C=C(N=CC(=NC)OCCNCCCF)[C@@H]1c2[nH]c3ccccc3c2C[C@@H](C)N1CC(F)F. The molecule has 0 aliphatic carbocycles. The fourth-order valence-electron chi connectivity index (χ4n) is 4.22. The summed E-state index contributed by atoms with van der Waals surface area (Å²) in [6.07, 6.45) is 0.116. The molecule has 0 spiro atoms. The standard InChI is InChI=1S/C24H32F3N5O/c1-16-13-19-18-7-4-5-8-20(18)31-23(19)24(32(16)15-21(26)27)17(2)30-14-22(28-3)33-12-11-29-10-6-9-25/h4-5,7-8,14,16,21,24,29,31H,2,6,9-13,15H2,1,3H3/t16-,24-/m1/s1. The maximum atomic E-state index is 13.4. The molecule has 0 radical (unpaired) electrons. The number of benzene rings is 1. The van der Waals surface area contributed by atoms with Crippen LogP contribution in [0, 0.1) is 0 Å². The van der Waals surface area contributed by atoms with Crippen LogP contribution in [-0.2, 0) is 11.2 Å². The van der Waals surface area contributed by atoms with Crippen LogP contribution in [0.5, 0.6) is 0 Å². The average molecular weight is 464 g/mol. The lowest BCUT2D eigenvalue weighted by Gasteiger charge is -2.40. The number of ether oxygens (including phenoxy) is 1. The molecular weight excluding hydrogens is 431 g/mol. The van der Waals surface area contributed by atoms with Crippen molar-refractivity contribution >= 4 is 23.0 Å². The molecule has 0 fully saturated rings. The van der Waals surface area contributed by atoms with Crippen LogP contribution < -0.4 is 5.32 Å². The van der Waals surface area contributed by atoms with Crippen molar-refractivity contribution in [3.8, 4) is 0 Å². The van der Waals surface area contributed by atoms with Crippen molar-refractivity contribution in [2.75, 3.05) is 40.0 Å². The normalized spacial score (nSPS) is 19.5. The summed E-state index contributed by atoms with van der Waals surface area (Å²) in [5.74, 6) is 0.310. The van der Waals surface area contributed by atoms with Gasteiger partial charge in [0.15, 0.2) is 0 Å². The zero-order valence-corrected chi connectivity index (χ0v) is 19.2. The van der Waals surface area contributed by atoms with Crippen molar-refractivity contribution in [3.05, 3.63) is 47.8 Å². The van der Waals surface area contributed by atoms with E-state index >= 15 is 0 Å². The number of H-pyrrole nitrogens is 1. The summed E-state index contributed by atoms with van der Waals surface area (Å²) in [5.41, 5.74) is 3.37. The molecule has 0 saturated heterocycles. The fraction of sp³-hybridized carbons (Fsp3) is 0.500. The van der Waals surface area contributed by atoms with Crippen molar-refractivity contribution in [3.63, 3.8) is 0 Å². The number of aliphatic imine (C=N–C) groups is 2. The highest BCUT2D eigenvalue weighted by molar-refractivity contribution is 6.26. The number of nitrogens with zero attached hydrogens (tertiary/aromatic N) is 3. The Labute approximate surface area is 192 Å². The molecule has 3 rings (SSSR count). The molecule has 1 aromatic heterocycles. The number of rotatable bonds is 11. The molecular formula is C24H32F3N5O. The van der Waals surface area contributed by atoms with Crippen LogP contribution in [0.25, 0.3) is 10.9 Å². The quantitative estimate of drug-likeness (QED) is 0.297. The first kappa shape index (κ1) is 25.0. The second-order valence-electron chi connectivity index (χ2n) is 8.06. The third-order valence-electron chi connectivity index (χ3n) is 5.76. The Bertz CT molecular complexity index is 988. The number of para-hydroxylation sites is 1. The molecule has 2 aromatic rings. The molecule has 33 heavy (non-hydrogen) atoms. The van der Waals surface area contributed by atoms with Gasteiger partial charge < -0.3 is 15.0 Å². The number of alkyl halides is 3. The van der Waals surface area contributed by atoms with Crippen molar-refractivity contribution in [1.82, 2.24) is 15.2 Å². The number of halogens is 3. The summed E-state index contributed by atoms with van der Waals surface area (Å²) >= 11 is 0. The van der Waals surface area contributed by atoms with Gasteiger partial charge in [0.05, 0.1) is 31.2 Å². The lowest BCUT2D eigenvalue weighted by atomic mass is 9.91. The molecule has 0 saturated carbocycles. The Morgan fingerprint density at radius 3 is 2.88 bits per heavy atom. The van der Waals surface area contributed by atoms with E-state index in [2.05, 4.69) is 26.9 Å². The van der Waals surface area contributed by atoms with Crippen LogP contribution in [0.4, 0.5) is 13.2 Å². The van der Waals surface area contributed by atoms with E-state index in [0.29, 0.717) is 44.1 Å². The molecule has 0 bridgehead atoms. The minimum Gasteiger partial charge on any atom is -0.475 e. The summed E-state index contributed by atoms with van der Waals surface area (Å²) < 4.78 is 44.6. The molecule has 1 aliphatic rings. The summed E-state index contributed by atoms with van der Waals surface area (Å²) in [6, 6.07) is 7.33. The fourth-order valence-corrected chi connectivity index (χ4v) is 4.22. The maximum absolute atomic E-state index is 13.4. The van der Waals surface area contributed by atoms with E-state index in [0.717, 1.165) is 22.2 Å². The van der Waals surface area contributed by atoms with Gasteiger partial charge in [0.2, 0.25) is 5.90 Å². The molecule has 0 amide bonds. The molecule has 2 heterocycles. The van der Waals surface area contributed by atoms with Crippen LogP contribution >= 0.6 is 0 Å². The Morgan fingerprint density at radius 1 is 1.36 bits per heavy atom. The number of aromatic nitrogens is 1. The smallest absolute Gasteiger partial charge is 0.251 e. The largest absolute Gasteiger partial charge is 0.475 e. The van der Waals surface area contributed by atoms with E-state index in [1.54, 1.807) is 11.9 Å². The summed E-state index contributed by atoms with van der Waals surface area (Å²) in [7, 11) is 1.59. The maximum Gasteiger partial charge on any atom is 0.251 e. The molecule has 2 atom stereocenters. The molecule has 1 aliphatic heterocycles. The van der Waals surface area contributed by atoms with Gasteiger partial charge in [0, 0.05) is 36.2 Å². The van der Waals surface area contributed by atoms with Crippen LogP contribution in [0.3, 0.4) is 0 Å². The highest BCUT2D eigenvalue weighted by atomic mass is 19.3. The van der Waals surface area contributed by atoms with E-state index in [-0.39, 0.29) is 19.3 Å². The first-order valence-electron chi connectivity index (χ1n) is 11.2. The van der Waals surface area contributed by atoms with Gasteiger partial charge in [-0.25, -0.2) is 8.78 Å². The third-order valence-corrected chi connectivity index (χ3v) is 5.76. The van der Waals surface area contributed by atoms with Gasteiger partial charge in [-0.2, -0.15) is 0 Å². The van der Waals surface area contributed by atoms with Gasteiger partial charge in [-0.15, -0.1) is 0 Å². The van der Waals surface area contributed by atoms with E-state index in [1.807, 2.05) is 31.2 Å². The van der Waals surface area contributed by atoms with Gasteiger partial charge in [0.1, 0.15) is 6.61 Å². The van der Waals surface area contributed by atoms with E-state index < -0.39 is 12.5 Å². The number of nitrogens with one attached hydrogen (secondary N) is 2. The number of hydrogen-bond acceptors (Lipinski definition) is 5. The zero-order valence-electron chi connectivity index (χ0n) is 19.2. The highest BCUT2D eigenvalue weighted by Crippen LogP contribution is 2.40.